The van der Waals surface area contributed by atoms with Crippen LogP contribution in [0.1, 0.15) is 53.7 Å². The van der Waals surface area contributed by atoms with E-state index in [-0.39, 0.29) is 24.2 Å². The molecule has 1 aromatic rings. The van der Waals surface area contributed by atoms with Crippen LogP contribution < -0.4 is 21.7 Å². The first-order chi connectivity index (χ1) is 15.4. The second-order valence-corrected chi connectivity index (χ2v) is 9.05. The van der Waals surface area contributed by atoms with Crippen LogP contribution in [0.15, 0.2) is 12.5 Å². The lowest BCUT2D eigenvalue weighted by molar-refractivity contribution is -0.143. The fraction of sp³-hybridized carbons (Fsp3) is 0.682. The van der Waals surface area contributed by atoms with E-state index in [1.54, 1.807) is 27.7 Å². The molecule has 7 N–H and O–H groups in total. The lowest BCUT2D eigenvalue weighted by Gasteiger charge is -2.28. The van der Waals surface area contributed by atoms with E-state index in [0.717, 1.165) is 0 Å². The van der Waals surface area contributed by atoms with Crippen LogP contribution >= 0.6 is 0 Å². The highest BCUT2D eigenvalue weighted by atomic mass is 16.4. The lowest BCUT2D eigenvalue weighted by Crippen LogP contribution is -2.59. The van der Waals surface area contributed by atoms with Gasteiger partial charge in [-0.15, -0.1) is 0 Å². The van der Waals surface area contributed by atoms with E-state index in [0.29, 0.717) is 12.1 Å². The molecule has 0 saturated carbocycles. The van der Waals surface area contributed by atoms with Crippen molar-refractivity contribution in [2.24, 2.45) is 23.5 Å². The van der Waals surface area contributed by atoms with Crippen molar-refractivity contribution in [3.05, 3.63) is 18.2 Å². The molecule has 0 radical (unpaired) electrons. The maximum Gasteiger partial charge on any atom is 0.326 e. The van der Waals surface area contributed by atoms with Crippen molar-refractivity contribution >= 4 is 23.7 Å². The van der Waals surface area contributed by atoms with Gasteiger partial charge in [0, 0.05) is 18.3 Å². The molecule has 1 heterocycles. The number of aliphatic carboxylic acids is 1. The minimum atomic E-state index is -1.17. The third-order valence-electron chi connectivity index (χ3n) is 5.66. The number of nitrogens with one attached hydrogen (secondary N) is 4. The van der Waals surface area contributed by atoms with E-state index in [4.69, 9.17) is 5.73 Å². The van der Waals surface area contributed by atoms with E-state index in [9.17, 15) is 24.3 Å². The molecule has 3 amide bonds. The number of aromatic nitrogens is 2. The number of aromatic amines is 1. The van der Waals surface area contributed by atoms with E-state index in [1.165, 1.54) is 12.5 Å². The normalized spacial score (nSPS) is 15.9. The average Bonchev–Trinajstić information content (AvgIpc) is 3.26. The molecule has 0 aromatic carbocycles. The lowest BCUT2D eigenvalue weighted by atomic mass is 9.96. The van der Waals surface area contributed by atoms with Gasteiger partial charge in [0.05, 0.1) is 12.4 Å². The first-order valence-electron chi connectivity index (χ1n) is 11.3. The van der Waals surface area contributed by atoms with Gasteiger partial charge in [0.25, 0.3) is 0 Å². The molecule has 11 nitrogen and oxygen atoms in total. The van der Waals surface area contributed by atoms with Crippen molar-refractivity contribution in [3.63, 3.8) is 0 Å². The molecular weight excluding hydrogens is 428 g/mol. The maximum absolute atomic E-state index is 13.2. The van der Waals surface area contributed by atoms with Crippen LogP contribution in [0, 0.1) is 17.8 Å². The van der Waals surface area contributed by atoms with Crippen LogP contribution in [0.25, 0.3) is 0 Å². The molecule has 11 heteroatoms. The van der Waals surface area contributed by atoms with Crippen LogP contribution in [0.3, 0.4) is 0 Å². The Morgan fingerprint density at radius 1 is 0.970 bits per heavy atom. The van der Waals surface area contributed by atoms with E-state index in [2.05, 4.69) is 25.9 Å². The summed E-state index contributed by atoms with van der Waals surface area (Å²) < 4.78 is 0. The molecule has 0 aliphatic carbocycles. The Hall–Kier alpha value is -2.95. The molecule has 0 spiro atoms. The predicted octanol–water partition coefficient (Wildman–Crippen LogP) is 0.177. The number of carboxylic acids is 1. The van der Waals surface area contributed by atoms with Crippen molar-refractivity contribution in [3.8, 4) is 0 Å². The van der Waals surface area contributed by atoms with Gasteiger partial charge in [-0.2, -0.15) is 0 Å². The molecule has 0 aliphatic heterocycles. The third-order valence-corrected chi connectivity index (χ3v) is 5.66. The van der Waals surface area contributed by atoms with Crippen LogP contribution in [0.4, 0.5) is 0 Å². The Morgan fingerprint density at radius 3 is 2.03 bits per heavy atom. The summed E-state index contributed by atoms with van der Waals surface area (Å²) in [7, 11) is 0. The molecule has 0 fully saturated rings. The number of rotatable bonds is 13. The fourth-order valence-corrected chi connectivity index (χ4v) is 3.11. The van der Waals surface area contributed by atoms with E-state index >= 15 is 0 Å². The first kappa shape index (κ1) is 28.1. The number of H-pyrrole nitrogens is 1. The number of hydrogen-bond acceptors (Lipinski definition) is 6. The summed E-state index contributed by atoms with van der Waals surface area (Å²) in [6.07, 6.45) is 3.62. The number of nitrogens with zero attached hydrogens (tertiary/aromatic N) is 1. The quantitative estimate of drug-likeness (QED) is 0.240. The van der Waals surface area contributed by atoms with Gasteiger partial charge in [-0.05, 0) is 17.8 Å². The van der Waals surface area contributed by atoms with Gasteiger partial charge in [-0.3, -0.25) is 14.4 Å². The highest BCUT2D eigenvalue weighted by Gasteiger charge is 2.33. The fourth-order valence-electron chi connectivity index (χ4n) is 3.11. The number of carbonyl (C=O) groups excluding carboxylic acids is 3. The second kappa shape index (κ2) is 12.9. The van der Waals surface area contributed by atoms with Gasteiger partial charge in [0.2, 0.25) is 17.7 Å². The maximum atomic E-state index is 13.2. The first-order valence-corrected chi connectivity index (χ1v) is 11.3. The van der Waals surface area contributed by atoms with Crippen LogP contribution in [0.2, 0.25) is 0 Å². The molecule has 1 rings (SSSR count). The van der Waals surface area contributed by atoms with Crippen molar-refractivity contribution in [2.75, 3.05) is 0 Å². The third kappa shape index (κ3) is 8.49. The SMILES string of the molecule is CCC(C)C(NC(=O)C(N)C(C)C)C(=O)NC(Cc1cnc[nH]1)C(=O)NC(C(=O)O)C(C)C. The Morgan fingerprint density at radius 2 is 1.58 bits per heavy atom. The smallest absolute Gasteiger partial charge is 0.326 e. The van der Waals surface area contributed by atoms with Crippen molar-refractivity contribution < 1.29 is 24.3 Å². The summed E-state index contributed by atoms with van der Waals surface area (Å²) in [6, 6.07) is -3.89. The number of hydrogen-bond donors (Lipinski definition) is 6. The highest BCUT2D eigenvalue weighted by Crippen LogP contribution is 2.11. The standard InChI is InChI=1S/C22H38N6O5/c1-7-13(6)18(28-20(30)16(23)11(2)3)21(31)26-15(8-14-9-24-10-25-14)19(29)27-17(12(4)5)22(32)33/h9-13,15-18H,7-8,23H2,1-6H3,(H,24,25)(H,26,31)(H,27,29)(H,28,30)(H,32,33). The average molecular weight is 467 g/mol. The zero-order valence-corrected chi connectivity index (χ0v) is 20.2. The number of imidazole rings is 1. The molecule has 0 bridgehead atoms. The van der Waals surface area contributed by atoms with Gasteiger partial charge in [0.1, 0.15) is 18.1 Å². The monoisotopic (exact) mass is 466 g/mol. The molecule has 5 unspecified atom stereocenters. The summed E-state index contributed by atoms with van der Waals surface area (Å²) >= 11 is 0. The summed E-state index contributed by atoms with van der Waals surface area (Å²) in [4.78, 5) is 57.0. The van der Waals surface area contributed by atoms with Crippen LogP contribution in [-0.4, -0.2) is 62.9 Å². The molecule has 33 heavy (non-hydrogen) atoms. The minimum absolute atomic E-state index is 0.0642. The number of amides is 3. The molecule has 1 aromatic heterocycles. The molecular formula is C22H38N6O5. The van der Waals surface area contributed by atoms with Crippen molar-refractivity contribution in [1.82, 2.24) is 25.9 Å². The Labute approximate surface area is 194 Å². The Bertz CT molecular complexity index is 795. The van der Waals surface area contributed by atoms with Crippen LogP contribution in [-0.2, 0) is 25.6 Å². The zero-order chi connectivity index (χ0) is 25.3. The van der Waals surface area contributed by atoms with Crippen LogP contribution in [0.5, 0.6) is 0 Å². The summed E-state index contributed by atoms with van der Waals surface area (Å²) in [5.74, 6) is -3.53. The van der Waals surface area contributed by atoms with E-state index in [1.807, 2.05) is 13.8 Å². The Kier molecular flexibility index (Phi) is 11.0. The van der Waals surface area contributed by atoms with Gasteiger partial charge in [-0.25, -0.2) is 9.78 Å². The summed E-state index contributed by atoms with van der Waals surface area (Å²) in [5.41, 5.74) is 6.51. The highest BCUT2D eigenvalue weighted by molar-refractivity contribution is 5.94. The van der Waals surface area contributed by atoms with Crippen molar-refractivity contribution in [2.45, 2.75) is 78.6 Å². The number of nitrogens with two attached hydrogens (primary N) is 1. The Balaban J connectivity index is 3.10. The molecule has 5 atom stereocenters. The van der Waals surface area contributed by atoms with E-state index < -0.39 is 47.9 Å². The molecule has 186 valence electrons. The second-order valence-electron chi connectivity index (χ2n) is 9.05. The molecule has 0 aliphatic rings. The van der Waals surface area contributed by atoms with Gasteiger partial charge >= 0.3 is 5.97 Å². The number of carbonyl (C=O) groups is 4. The summed E-state index contributed by atoms with van der Waals surface area (Å²) in [5, 5.41) is 17.3. The zero-order valence-electron chi connectivity index (χ0n) is 20.2. The summed E-state index contributed by atoms with van der Waals surface area (Å²) in [6.45, 7) is 10.7. The van der Waals surface area contributed by atoms with Gasteiger partial charge in [-0.1, -0.05) is 48.0 Å². The van der Waals surface area contributed by atoms with Crippen molar-refractivity contribution in [1.29, 1.82) is 0 Å². The topological polar surface area (TPSA) is 179 Å². The van der Waals surface area contributed by atoms with Gasteiger partial charge in [0.15, 0.2) is 0 Å². The predicted molar refractivity (Wildman–Crippen MR) is 123 cm³/mol. The molecule has 0 saturated heterocycles. The largest absolute Gasteiger partial charge is 0.480 e. The van der Waals surface area contributed by atoms with Gasteiger partial charge < -0.3 is 31.8 Å². The minimum Gasteiger partial charge on any atom is -0.480 e. The number of carboxylic acid groups (broad SMARTS) is 1.